The number of rotatable bonds is 11. The van der Waals surface area contributed by atoms with Crippen molar-refractivity contribution in [1.82, 2.24) is 19.5 Å². The fraction of sp³-hybridized carbons (Fsp3) is 0.258. The molecule has 44 heavy (non-hydrogen) atoms. The van der Waals surface area contributed by atoms with Crippen molar-refractivity contribution < 1.29 is 28.0 Å². The number of anilines is 1. The highest BCUT2D eigenvalue weighted by Crippen LogP contribution is 2.44. The van der Waals surface area contributed by atoms with Crippen LogP contribution in [0.2, 0.25) is 0 Å². The van der Waals surface area contributed by atoms with Crippen LogP contribution in [-0.2, 0) is 36.4 Å². The van der Waals surface area contributed by atoms with Crippen LogP contribution in [0.15, 0.2) is 91.5 Å². The van der Waals surface area contributed by atoms with Gasteiger partial charge in [0.15, 0.2) is 11.5 Å². The van der Waals surface area contributed by atoms with E-state index in [1.54, 1.807) is 25.1 Å². The lowest BCUT2D eigenvalue weighted by Gasteiger charge is -2.37. The van der Waals surface area contributed by atoms with Gasteiger partial charge in [-0.1, -0.05) is 59.2 Å². The molecule has 2 aromatic heterocycles. The maximum absolute atomic E-state index is 12.1. The van der Waals surface area contributed by atoms with Crippen LogP contribution in [-0.4, -0.2) is 52.6 Å². The highest BCUT2D eigenvalue weighted by Gasteiger charge is 2.44. The first kappa shape index (κ1) is 30.0. The summed E-state index contributed by atoms with van der Waals surface area (Å²) < 4.78 is 44.0. The molecular weight excluding hydrogens is 601 g/mol. The zero-order valence-electron chi connectivity index (χ0n) is 24.0. The Morgan fingerprint density at radius 2 is 1.55 bits per heavy atom. The first-order valence-corrected chi connectivity index (χ1v) is 16.0. The fourth-order valence-corrected chi connectivity index (χ4v) is 6.38. The van der Waals surface area contributed by atoms with E-state index in [1.807, 2.05) is 78.9 Å². The van der Waals surface area contributed by atoms with Gasteiger partial charge >= 0.3 is 7.23 Å². The van der Waals surface area contributed by atoms with Crippen molar-refractivity contribution in [2.24, 2.45) is 0 Å². The molecule has 1 aliphatic rings. The molecule has 5 aromatic rings. The number of ether oxygens (including phenoxy) is 4. The van der Waals surface area contributed by atoms with Crippen LogP contribution >= 0.6 is 7.23 Å². The standard InChI is InChI=1S/C31H30N5O6PS/c1-38-23-12-8-21(9-13-23)31(20-6-4-3-5-7-20,22-10-14-24(39-2)15-11-22)40-17-26-25(42-43(37)44)16-27(41-26)36-19-35-28-29(32)33-18-34-30(28)36/h3-15,18-19,25-27H,16-17H2,1-2H3,(H2,32,33,34)/t25-,26+,27+/m0/s1. The van der Waals surface area contributed by atoms with Crippen LogP contribution in [0.4, 0.5) is 5.82 Å². The maximum atomic E-state index is 12.1. The molecule has 0 saturated carbocycles. The van der Waals surface area contributed by atoms with E-state index in [1.165, 1.54) is 6.33 Å². The molecule has 2 N–H and O–H groups in total. The lowest BCUT2D eigenvalue weighted by molar-refractivity contribution is -0.0894. The quantitative estimate of drug-likeness (QED) is 0.116. The van der Waals surface area contributed by atoms with Crippen molar-refractivity contribution in [3.63, 3.8) is 0 Å². The van der Waals surface area contributed by atoms with Crippen molar-refractivity contribution >= 4 is 36.5 Å². The van der Waals surface area contributed by atoms with Crippen LogP contribution in [0.5, 0.6) is 11.5 Å². The van der Waals surface area contributed by atoms with Gasteiger partial charge in [0.25, 0.3) is 0 Å². The van der Waals surface area contributed by atoms with E-state index in [0.717, 1.165) is 16.7 Å². The maximum Gasteiger partial charge on any atom is 0.372 e. The summed E-state index contributed by atoms with van der Waals surface area (Å²) in [5.74, 6) is 1.69. The monoisotopic (exact) mass is 631 g/mol. The average Bonchev–Trinajstić information content (AvgIpc) is 3.67. The molecule has 1 saturated heterocycles. The van der Waals surface area contributed by atoms with Crippen molar-refractivity contribution in [3.8, 4) is 11.5 Å². The van der Waals surface area contributed by atoms with E-state index in [4.69, 9.17) is 41.5 Å². The summed E-state index contributed by atoms with van der Waals surface area (Å²) in [4.78, 5) is 12.7. The normalized spacial score (nSPS) is 18.8. The lowest BCUT2D eigenvalue weighted by Crippen LogP contribution is -2.38. The molecule has 226 valence electrons. The third-order valence-corrected chi connectivity index (χ3v) is 8.44. The summed E-state index contributed by atoms with van der Waals surface area (Å²) in [5, 5.41) is 0. The molecule has 0 bridgehead atoms. The Morgan fingerprint density at radius 1 is 0.932 bits per heavy atom. The van der Waals surface area contributed by atoms with E-state index in [0.29, 0.717) is 29.1 Å². The summed E-state index contributed by atoms with van der Waals surface area (Å²) in [6.45, 7) is 0.0659. The Kier molecular flexibility index (Phi) is 8.79. The van der Waals surface area contributed by atoms with Crippen molar-refractivity contribution in [3.05, 3.63) is 108 Å². The van der Waals surface area contributed by atoms with Gasteiger partial charge in [-0.3, -0.25) is 4.57 Å². The topological polar surface area (TPSA) is 133 Å². The first-order valence-electron chi connectivity index (χ1n) is 13.8. The number of aromatic nitrogens is 4. The van der Waals surface area contributed by atoms with Gasteiger partial charge in [-0.05, 0) is 41.0 Å². The molecule has 1 fully saturated rings. The smallest absolute Gasteiger partial charge is 0.372 e. The van der Waals surface area contributed by atoms with Crippen molar-refractivity contribution in [2.75, 3.05) is 26.6 Å². The van der Waals surface area contributed by atoms with Crippen molar-refractivity contribution in [2.45, 2.75) is 30.5 Å². The van der Waals surface area contributed by atoms with Gasteiger partial charge in [-0.2, -0.15) is 4.52 Å². The number of imidazole rings is 1. The molecule has 1 unspecified atom stereocenters. The van der Waals surface area contributed by atoms with Gasteiger partial charge < -0.3 is 36.9 Å². The Labute approximate surface area is 260 Å². The summed E-state index contributed by atoms with van der Waals surface area (Å²) in [6, 6.07) is 25.4. The predicted octanol–water partition coefficient (Wildman–Crippen LogP) is 5.31. The Balaban J connectivity index is 1.40. The molecule has 0 amide bonds. The summed E-state index contributed by atoms with van der Waals surface area (Å²) in [6.07, 6.45) is 1.49. The van der Waals surface area contributed by atoms with Gasteiger partial charge in [0.1, 0.15) is 47.4 Å². The molecule has 3 aromatic carbocycles. The SMILES string of the molecule is COc1ccc(C(OC[C@H]2O[C@@H](n3cnc4c(N)ncnc43)C[C@@H]2O[P+](=O)[S-])(c2ccccc2)c2ccc(OC)cc2)cc1. The predicted molar refractivity (Wildman–Crippen MR) is 166 cm³/mol. The zero-order chi connectivity index (χ0) is 30.7. The lowest BCUT2D eigenvalue weighted by atomic mass is 9.80. The molecule has 4 atom stereocenters. The van der Waals surface area contributed by atoms with E-state index in [2.05, 4.69) is 15.0 Å². The minimum Gasteiger partial charge on any atom is -0.497 e. The first-order chi connectivity index (χ1) is 21.4. The zero-order valence-corrected chi connectivity index (χ0v) is 25.7. The van der Waals surface area contributed by atoms with E-state index < -0.39 is 31.3 Å². The molecule has 1 aliphatic heterocycles. The molecule has 0 radical (unpaired) electrons. The minimum atomic E-state index is -2.34. The molecule has 6 rings (SSSR count). The van der Waals surface area contributed by atoms with Gasteiger partial charge in [0.05, 0.1) is 27.2 Å². The van der Waals surface area contributed by atoms with E-state index in [9.17, 15) is 4.57 Å². The van der Waals surface area contributed by atoms with Gasteiger partial charge in [0, 0.05) is 6.42 Å². The molecule has 3 heterocycles. The number of hydrogen-bond acceptors (Lipinski definition) is 11. The largest absolute Gasteiger partial charge is 0.497 e. The molecular formula is C31H30N5O6PS. The number of fused-ring (bicyclic) bond motifs is 1. The van der Waals surface area contributed by atoms with Crippen LogP contribution in [0.1, 0.15) is 29.3 Å². The second-order valence-corrected chi connectivity index (χ2v) is 11.7. The van der Waals surface area contributed by atoms with Gasteiger partial charge in [0.2, 0.25) is 0 Å². The van der Waals surface area contributed by atoms with Gasteiger partial charge in [-0.25, -0.2) is 15.0 Å². The highest BCUT2D eigenvalue weighted by atomic mass is 32.7. The second-order valence-electron chi connectivity index (χ2n) is 10.1. The van der Waals surface area contributed by atoms with Gasteiger partial charge in [-0.15, -0.1) is 0 Å². The third kappa shape index (κ3) is 5.74. The van der Waals surface area contributed by atoms with E-state index in [-0.39, 0.29) is 12.4 Å². The third-order valence-electron chi connectivity index (χ3n) is 7.74. The molecule has 13 heteroatoms. The summed E-state index contributed by atoms with van der Waals surface area (Å²) in [7, 11) is 0.916. The van der Waals surface area contributed by atoms with Crippen LogP contribution < -0.4 is 15.2 Å². The summed E-state index contributed by atoms with van der Waals surface area (Å²) >= 11 is 4.95. The number of nitrogens with two attached hydrogens (primary N) is 1. The van der Waals surface area contributed by atoms with Crippen LogP contribution in [0, 0.1) is 0 Å². The second kappa shape index (κ2) is 12.9. The van der Waals surface area contributed by atoms with E-state index >= 15 is 0 Å². The Hall–Kier alpha value is -4.06. The number of methoxy groups -OCH3 is 2. The highest BCUT2D eigenvalue weighted by molar-refractivity contribution is 8.25. The number of nitrogens with zero attached hydrogens (tertiary/aromatic N) is 4. The van der Waals surface area contributed by atoms with Crippen LogP contribution in [0.3, 0.4) is 0 Å². The number of benzene rings is 3. The number of hydrogen-bond donors (Lipinski definition) is 1. The minimum absolute atomic E-state index is 0.0659. The Bertz CT molecular complexity index is 1690. The molecule has 0 spiro atoms. The van der Waals surface area contributed by atoms with Crippen molar-refractivity contribution in [1.29, 1.82) is 0 Å². The van der Waals surface area contributed by atoms with Crippen LogP contribution in [0.25, 0.3) is 11.2 Å². The average molecular weight is 632 g/mol. The number of nitrogen functional groups attached to an aromatic ring is 1. The molecule has 0 aliphatic carbocycles. The summed E-state index contributed by atoms with van der Waals surface area (Å²) in [5.41, 5.74) is 8.53. The Morgan fingerprint density at radius 3 is 2.14 bits per heavy atom. The fourth-order valence-electron chi connectivity index (χ4n) is 5.60. The molecule has 11 nitrogen and oxygen atoms in total.